The van der Waals surface area contributed by atoms with Gasteiger partial charge < -0.3 is 0 Å². The molecule has 1 aromatic carbocycles. The van der Waals surface area contributed by atoms with Crippen LogP contribution >= 0.6 is 11.6 Å². The van der Waals surface area contributed by atoms with E-state index in [0.29, 0.717) is 22.3 Å². The quantitative estimate of drug-likeness (QED) is 0.830. The molecular formula is C15H19ClFN3. The molecule has 0 fully saturated rings. The van der Waals surface area contributed by atoms with Gasteiger partial charge in [0.25, 0.3) is 0 Å². The summed E-state index contributed by atoms with van der Waals surface area (Å²) in [5.74, 6) is 1.30. The fourth-order valence-corrected chi connectivity index (χ4v) is 2.31. The van der Waals surface area contributed by atoms with Gasteiger partial charge in [0.05, 0.1) is 10.6 Å². The topological polar surface area (TPSA) is 30.7 Å². The SMILES string of the molecule is CC(C)Cc1nc(-c2c(F)cccc2Cl)n(C(C)C)n1. The van der Waals surface area contributed by atoms with Crippen LogP contribution in [0.3, 0.4) is 0 Å². The second kappa shape index (κ2) is 5.92. The molecule has 0 bridgehead atoms. The van der Waals surface area contributed by atoms with E-state index in [1.54, 1.807) is 16.8 Å². The molecule has 1 aromatic heterocycles. The van der Waals surface area contributed by atoms with Crippen molar-refractivity contribution in [3.63, 3.8) is 0 Å². The van der Waals surface area contributed by atoms with E-state index in [1.165, 1.54) is 6.07 Å². The monoisotopic (exact) mass is 295 g/mol. The van der Waals surface area contributed by atoms with E-state index in [0.717, 1.165) is 12.2 Å². The van der Waals surface area contributed by atoms with Crippen molar-refractivity contribution in [1.82, 2.24) is 14.8 Å². The fraction of sp³-hybridized carbons (Fsp3) is 0.467. The summed E-state index contributed by atoms with van der Waals surface area (Å²) in [6, 6.07) is 4.74. The zero-order chi connectivity index (χ0) is 14.9. The van der Waals surface area contributed by atoms with Crippen LogP contribution in [0, 0.1) is 11.7 Å². The van der Waals surface area contributed by atoms with Crippen LogP contribution < -0.4 is 0 Å². The lowest BCUT2D eigenvalue weighted by Crippen LogP contribution is -2.07. The number of nitrogens with zero attached hydrogens (tertiary/aromatic N) is 3. The Morgan fingerprint density at radius 3 is 2.50 bits per heavy atom. The fourth-order valence-electron chi connectivity index (χ4n) is 2.06. The van der Waals surface area contributed by atoms with E-state index >= 15 is 0 Å². The molecule has 0 unspecified atom stereocenters. The summed E-state index contributed by atoms with van der Waals surface area (Å²) in [5.41, 5.74) is 0.324. The minimum Gasteiger partial charge on any atom is -0.243 e. The van der Waals surface area contributed by atoms with Crippen molar-refractivity contribution in [2.45, 2.75) is 40.2 Å². The van der Waals surface area contributed by atoms with Crippen LogP contribution in [0.2, 0.25) is 5.02 Å². The predicted octanol–water partition coefficient (Wildman–Crippen LogP) is 4.52. The van der Waals surface area contributed by atoms with Gasteiger partial charge >= 0.3 is 0 Å². The maximum absolute atomic E-state index is 14.1. The number of rotatable bonds is 4. The molecule has 3 nitrogen and oxygen atoms in total. The maximum Gasteiger partial charge on any atom is 0.163 e. The van der Waals surface area contributed by atoms with Crippen molar-refractivity contribution in [2.75, 3.05) is 0 Å². The third-order valence-electron chi connectivity index (χ3n) is 2.94. The third-order valence-corrected chi connectivity index (χ3v) is 3.26. The van der Waals surface area contributed by atoms with Gasteiger partial charge in [-0.1, -0.05) is 31.5 Å². The molecule has 0 saturated heterocycles. The Balaban J connectivity index is 2.57. The Labute approximate surface area is 123 Å². The van der Waals surface area contributed by atoms with Crippen molar-refractivity contribution in [2.24, 2.45) is 5.92 Å². The average molecular weight is 296 g/mol. The first-order valence-corrected chi connectivity index (χ1v) is 7.17. The van der Waals surface area contributed by atoms with Crippen LogP contribution in [0.15, 0.2) is 18.2 Å². The highest BCUT2D eigenvalue weighted by molar-refractivity contribution is 6.33. The van der Waals surface area contributed by atoms with Crippen LogP contribution in [0.4, 0.5) is 4.39 Å². The van der Waals surface area contributed by atoms with E-state index in [-0.39, 0.29) is 11.9 Å². The van der Waals surface area contributed by atoms with E-state index in [4.69, 9.17) is 11.6 Å². The van der Waals surface area contributed by atoms with Gasteiger partial charge in [-0.15, -0.1) is 0 Å². The minimum atomic E-state index is -0.372. The van der Waals surface area contributed by atoms with Gasteiger partial charge in [-0.3, -0.25) is 0 Å². The van der Waals surface area contributed by atoms with Crippen LogP contribution in [0.25, 0.3) is 11.4 Å². The molecule has 5 heteroatoms. The van der Waals surface area contributed by atoms with Crippen molar-refractivity contribution < 1.29 is 4.39 Å². The Kier molecular flexibility index (Phi) is 4.43. The summed E-state index contributed by atoms with van der Waals surface area (Å²) in [6.45, 7) is 8.19. The number of aromatic nitrogens is 3. The van der Waals surface area contributed by atoms with E-state index in [1.807, 2.05) is 13.8 Å². The van der Waals surface area contributed by atoms with Crippen molar-refractivity contribution >= 4 is 11.6 Å². The first-order chi connectivity index (χ1) is 9.40. The van der Waals surface area contributed by atoms with Gasteiger partial charge in [-0.25, -0.2) is 14.1 Å². The molecule has 0 amide bonds. The lowest BCUT2D eigenvalue weighted by Gasteiger charge is -2.10. The molecule has 108 valence electrons. The zero-order valence-electron chi connectivity index (χ0n) is 12.2. The van der Waals surface area contributed by atoms with E-state index < -0.39 is 0 Å². The highest BCUT2D eigenvalue weighted by Crippen LogP contribution is 2.30. The Morgan fingerprint density at radius 2 is 1.95 bits per heavy atom. The summed E-state index contributed by atoms with van der Waals surface area (Å²) in [7, 11) is 0. The van der Waals surface area contributed by atoms with Crippen LogP contribution in [0.5, 0.6) is 0 Å². The van der Waals surface area contributed by atoms with Gasteiger partial charge in [-0.2, -0.15) is 5.10 Å². The molecule has 0 N–H and O–H groups in total. The number of benzene rings is 1. The molecule has 2 aromatic rings. The third kappa shape index (κ3) is 3.01. The van der Waals surface area contributed by atoms with Crippen molar-refractivity contribution in [3.8, 4) is 11.4 Å². The summed E-state index contributed by atoms with van der Waals surface area (Å²) >= 11 is 6.13. The average Bonchev–Trinajstić information content (AvgIpc) is 2.71. The second-order valence-electron chi connectivity index (χ2n) is 5.58. The van der Waals surface area contributed by atoms with Gasteiger partial charge in [-0.05, 0) is 31.9 Å². The normalized spacial score (nSPS) is 11.6. The van der Waals surface area contributed by atoms with Crippen molar-refractivity contribution in [1.29, 1.82) is 0 Å². The highest BCUT2D eigenvalue weighted by atomic mass is 35.5. The summed E-state index contributed by atoms with van der Waals surface area (Å²) < 4.78 is 15.8. The molecule has 2 rings (SSSR count). The Bertz CT molecular complexity index is 585. The van der Waals surface area contributed by atoms with Gasteiger partial charge in [0.15, 0.2) is 11.6 Å². The first kappa shape index (κ1) is 15.0. The molecule has 0 radical (unpaired) electrons. The Morgan fingerprint density at radius 1 is 1.25 bits per heavy atom. The molecule has 0 aliphatic heterocycles. The minimum absolute atomic E-state index is 0.0917. The summed E-state index contributed by atoms with van der Waals surface area (Å²) in [5, 5.41) is 4.85. The van der Waals surface area contributed by atoms with Crippen LogP contribution in [0.1, 0.15) is 39.6 Å². The van der Waals surface area contributed by atoms with E-state index in [2.05, 4.69) is 23.9 Å². The molecule has 0 saturated carbocycles. The zero-order valence-corrected chi connectivity index (χ0v) is 12.9. The number of halogens is 2. The highest BCUT2D eigenvalue weighted by Gasteiger charge is 2.20. The molecular weight excluding hydrogens is 277 g/mol. The molecule has 20 heavy (non-hydrogen) atoms. The van der Waals surface area contributed by atoms with Crippen LogP contribution in [-0.4, -0.2) is 14.8 Å². The molecule has 0 aliphatic rings. The number of hydrogen-bond acceptors (Lipinski definition) is 2. The maximum atomic E-state index is 14.1. The largest absolute Gasteiger partial charge is 0.243 e. The molecule has 0 spiro atoms. The molecule has 0 atom stereocenters. The van der Waals surface area contributed by atoms with Gasteiger partial charge in [0.2, 0.25) is 0 Å². The molecule has 1 heterocycles. The standard InChI is InChI=1S/C15H19ClFN3/c1-9(2)8-13-18-15(20(19-13)10(3)4)14-11(16)6-5-7-12(14)17/h5-7,9-10H,8H2,1-4H3. The summed E-state index contributed by atoms with van der Waals surface area (Å²) in [4.78, 5) is 4.49. The lowest BCUT2D eigenvalue weighted by molar-refractivity contribution is 0.521. The predicted molar refractivity (Wildman–Crippen MR) is 79.4 cm³/mol. The van der Waals surface area contributed by atoms with E-state index in [9.17, 15) is 4.39 Å². The molecule has 0 aliphatic carbocycles. The second-order valence-corrected chi connectivity index (χ2v) is 5.99. The van der Waals surface area contributed by atoms with Crippen molar-refractivity contribution in [3.05, 3.63) is 34.9 Å². The summed E-state index contributed by atoms with van der Waals surface area (Å²) in [6.07, 6.45) is 0.763. The lowest BCUT2D eigenvalue weighted by atomic mass is 10.1. The Hall–Kier alpha value is -1.42. The van der Waals surface area contributed by atoms with Crippen LogP contribution in [-0.2, 0) is 6.42 Å². The smallest absolute Gasteiger partial charge is 0.163 e. The van der Waals surface area contributed by atoms with Gasteiger partial charge in [0, 0.05) is 12.5 Å². The number of hydrogen-bond donors (Lipinski definition) is 0. The van der Waals surface area contributed by atoms with Gasteiger partial charge in [0.1, 0.15) is 5.82 Å². The first-order valence-electron chi connectivity index (χ1n) is 6.80.